The average Bonchev–Trinajstić information content (AvgIpc) is 2.76. The van der Waals surface area contributed by atoms with Crippen molar-refractivity contribution in [3.8, 4) is 17.3 Å². The minimum atomic E-state index is 0.429. The molecule has 3 rings (SSSR count). The molecule has 0 saturated carbocycles. The Balaban J connectivity index is 2.12. The molecule has 0 aliphatic heterocycles. The second-order valence-corrected chi connectivity index (χ2v) is 5.22. The van der Waals surface area contributed by atoms with E-state index in [4.69, 9.17) is 5.26 Å². The van der Waals surface area contributed by atoms with Gasteiger partial charge < -0.3 is 0 Å². The lowest BCUT2D eigenvalue weighted by atomic mass is 10.1. The van der Waals surface area contributed by atoms with Crippen molar-refractivity contribution >= 4 is 11.3 Å². The number of aromatic nitrogens is 1. The zero-order chi connectivity index (χ0) is 11.1. The van der Waals surface area contributed by atoms with Gasteiger partial charge in [0.05, 0.1) is 18.2 Å². The summed E-state index contributed by atoms with van der Waals surface area (Å²) in [4.78, 5) is 5.87. The van der Waals surface area contributed by atoms with Gasteiger partial charge in [0.15, 0.2) is 0 Å². The van der Waals surface area contributed by atoms with Crippen molar-refractivity contribution in [1.82, 2.24) is 4.98 Å². The van der Waals surface area contributed by atoms with E-state index in [1.807, 2.05) is 0 Å². The van der Waals surface area contributed by atoms with Crippen LogP contribution in [0.5, 0.6) is 0 Å². The second kappa shape index (κ2) is 3.43. The molecule has 1 aliphatic carbocycles. The van der Waals surface area contributed by atoms with E-state index in [0.29, 0.717) is 6.42 Å². The van der Waals surface area contributed by atoms with Crippen molar-refractivity contribution < 1.29 is 0 Å². The van der Waals surface area contributed by atoms with Gasteiger partial charge in [-0.15, -0.1) is 11.3 Å². The first kappa shape index (κ1) is 9.56. The fourth-order valence-electron chi connectivity index (χ4n) is 2.11. The third-order valence-corrected chi connectivity index (χ3v) is 3.90. The highest BCUT2D eigenvalue weighted by molar-refractivity contribution is 7.12. The molecule has 0 fully saturated rings. The predicted octanol–water partition coefficient (Wildman–Crippen LogP) is 3.09. The number of fused-ring (bicyclic) bond motifs is 3. The van der Waals surface area contributed by atoms with Crippen molar-refractivity contribution in [3.05, 3.63) is 39.2 Å². The van der Waals surface area contributed by atoms with Crippen LogP contribution >= 0.6 is 11.3 Å². The smallest absolute Gasteiger partial charge is 0.108 e. The van der Waals surface area contributed by atoms with Crippen LogP contribution in [0.25, 0.3) is 11.3 Å². The monoisotopic (exact) mass is 226 g/mol. The summed E-state index contributed by atoms with van der Waals surface area (Å²) in [7, 11) is 0. The maximum Gasteiger partial charge on any atom is 0.108 e. The molecule has 1 aliphatic rings. The molecule has 0 unspecified atom stereocenters. The van der Waals surface area contributed by atoms with Crippen molar-refractivity contribution in [2.75, 3.05) is 0 Å². The number of rotatable bonds is 1. The Morgan fingerprint density at radius 1 is 1.50 bits per heavy atom. The number of aryl methyl sites for hydroxylation is 1. The second-order valence-electron chi connectivity index (χ2n) is 4.05. The van der Waals surface area contributed by atoms with Gasteiger partial charge in [-0.25, -0.2) is 4.98 Å². The van der Waals surface area contributed by atoms with E-state index < -0.39 is 0 Å². The zero-order valence-corrected chi connectivity index (χ0v) is 9.77. The van der Waals surface area contributed by atoms with Gasteiger partial charge in [-0.3, -0.25) is 0 Å². The molecule has 2 nitrogen and oxygen atoms in total. The van der Waals surface area contributed by atoms with E-state index >= 15 is 0 Å². The van der Waals surface area contributed by atoms with E-state index in [1.54, 1.807) is 11.3 Å². The third-order valence-electron chi connectivity index (χ3n) is 2.84. The minimum absolute atomic E-state index is 0.429. The maximum atomic E-state index is 8.67. The standard InChI is InChI=1S/C13H10N2S/c1-8-2-3-9-7-11-13(10(9)6-8)15-12(16-11)4-5-14/h2-3,6H,4,7H2,1H3. The van der Waals surface area contributed by atoms with Crippen LogP contribution in [0.1, 0.15) is 21.0 Å². The molecule has 0 radical (unpaired) electrons. The van der Waals surface area contributed by atoms with Gasteiger partial charge in [0.25, 0.3) is 0 Å². The highest BCUT2D eigenvalue weighted by Crippen LogP contribution is 2.39. The van der Waals surface area contributed by atoms with E-state index in [9.17, 15) is 0 Å². The number of hydrogen-bond donors (Lipinski definition) is 0. The van der Waals surface area contributed by atoms with Crippen LogP contribution in [-0.4, -0.2) is 4.98 Å². The zero-order valence-electron chi connectivity index (χ0n) is 8.95. The van der Waals surface area contributed by atoms with Crippen molar-refractivity contribution in [3.63, 3.8) is 0 Å². The fraction of sp³-hybridized carbons (Fsp3) is 0.231. The van der Waals surface area contributed by atoms with E-state index in [2.05, 4.69) is 36.2 Å². The molecule has 0 atom stereocenters. The van der Waals surface area contributed by atoms with Gasteiger partial charge in [-0.2, -0.15) is 5.26 Å². The van der Waals surface area contributed by atoms with Crippen molar-refractivity contribution in [1.29, 1.82) is 5.26 Å². The molecule has 0 bridgehead atoms. The first-order valence-corrected chi connectivity index (χ1v) is 6.05. The van der Waals surface area contributed by atoms with Crippen molar-refractivity contribution in [2.24, 2.45) is 0 Å². The molecule has 2 aromatic rings. The van der Waals surface area contributed by atoms with Gasteiger partial charge in [0.2, 0.25) is 0 Å². The van der Waals surface area contributed by atoms with Crippen LogP contribution in [0.15, 0.2) is 18.2 Å². The van der Waals surface area contributed by atoms with Crippen LogP contribution in [0.2, 0.25) is 0 Å². The Morgan fingerprint density at radius 3 is 3.19 bits per heavy atom. The summed E-state index contributed by atoms with van der Waals surface area (Å²) < 4.78 is 0. The minimum Gasteiger partial charge on any atom is -0.240 e. The first-order chi connectivity index (χ1) is 7.78. The highest BCUT2D eigenvalue weighted by Gasteiger charge is 2.22. The summed E-state index contributed by atoms with van der Waals surface area (Å²) in [5.41, 5.74) is 4.99. The summed E-state index contributed by atoms with van der Waals surface area (Å²) in [6.07, 6.45) is 1.41. The fourth-order valence-corrected chi connectivity index (χ4v) is 3.15. The first-order valence-electron chi connectivity index (χ1n) is 5.23. The molecular formula is C13H10N2S. The van der Waals surface area contributed by atoms with Crippen molar-refractivity contribution in [2.45, 2.75) is 19.8 Å². The lowest BCUT2D eigenvalue weighted by Crippen LogP contribution is -1.84. The van der Waals surface area contributed by atoms with Crippen LogP contribution in [-0.2, 0) is 12.8 Å². The van der Waals surface area contributed by atoms with Gasteiger partial charge in [-0.1, -0.05) is 17.7 Å². The molecule has 0 amide bonds. The Bertz CT molecular complexity index is 605. The lowest BCUT2D eigenvalue weighted by molar-refractivity contribution is 1.19. The molecule has 3 heteroatoms. The maximum absolute atomic E-state index is 8.67. The Labute approximate surface area is 98.2 Å². The highest BCUT2D eigenvalue weighted by atomic mass is 32.1. The number of nitriles is 1. The molecule has 0 saturated heterocycles. The van der Waals surface area contributed by atoms with E-state index in [-0.39, 0.29) is 0 Å². The average molecular weight is 226 g/mol. The van der Waals surface area contributed by atoms with Crippen LogP contribution in [0, 0.1) is 18.3 Å². The predicted molar refractivity (Wildman–Crippen MR) is 64.4 cm³/mol. The van der Waals surface area contributed by atoms with Gasteiger partial charge >= 0.3 is 0 Å². The van der Waals surface area contributed by atoms with Crippen LogP contribution in [0.4, 0.5) is 0 Å². The summed E-state index contributed by atoms with van der Waals surface area (Å²) >= 11 is 1.68. The normalized spacial score (nSPS) is 12.0. The largest absolute Gasteiger partial charge is 0.240 e. The topological polar surface area (TPSA) is 36.7 Å². The molecule has 16 heavy (non-hydrogen) atoms. The summed E-state index contributed by atoms with van der Waals surface area (Å²) in [6, 6.07) is 8.68. The Kier molecular flexibility index (Phi) is 2.05. The molecule has 78 valence electrons. The molecular weight excluding hydrogens is 216 g/mol. The number of hydrogen-bond acceptors (Lipinski definition) is 3. The van der Waals surface area contributed by atoms with Crippen LogP contribution < -0.4 is 0 Å². The Hall–Kier alpha value is -1.66. The molecule has 0 N–H and O–H groups in total. The van der Waals surface area contributed by atoms with E-state index in [0.717, 1.165) is 17.1 Å². The molecule has 1 aromatic heterocycles. The molecule has 1 aromatic carbocycles. The summed E-state index contributed by atoms with van der Waals surface area (Å²) in [5.74, 6) is 0. The third kappa shape index (κ3) is 1.35. The quantitative estimate of drug-likeness (QED) is 0.639. The number of benzene rings is 1. The van der Waals surface area contributed by atoms with Gasteiger partial charge in [0.1, 0.15) is 5.01 Å². The molecule has 1 heterocycles. The molecule has 0 spiro atoms. The van der Waals surface area contributed by atoms with E-state index in [1.165, 1.54) is 21.6 Å². The number of thiazole rings is 1. The summed E-state index contributed by atoms with van der Waals surface area (Å²) in [6.45, 7) is 2.10. The number of nitrogens with zero attached hydrogens (tertiary/aromatic N) is 2. The Morgan fingerprint density at radius 2 is 2.38 bits per heavy atom. The van der Waals surface area contributed by atoms with Crippen LogP contribution in [0.3, 0.4) is 0 Å². The van der Waals surface area contributed by atoms with Gasteiger partial charge in [-0.05, 0) is 18.6 Å². The SMILES string of the molecule is Cc1ccc2c(c1)-c1nc(CC#N)sc1C2. The summed E-state index contributed by atoms with van der Waals surface area (Å²) in [5, 5.41) is 9.61. The van der Waals surface area contributed by atoms with Gasteiger partial charge in [0, 0.05) is 16.9 Å². The lowest BCUT2D eigenvalue weighted by Gasteiger charge is -2.00.